The highest BCUT2D eigenvalue weighted by Crippen LogP contribution is 2.19. The van der Waals surface area contributed by atoms with Crippen LogP contribution in [0.1, 0.15) is 361 Å². The number of carbonyl (C=O) groups is 1. The number of aliphatic hydroxyl groups excluding tert-OH is 2. The van der Waals surface area contributed by atoms with Gasteiger partial charge in [0.15, 0.2) is 0 Å². The molecule has 0 aromatic heterocycles. The van der Waals surface area contributed by atoms with Crippen molar-refractivity contribution in [1.29, 1.82) is 0 Å². The van der Waals surface area contributed by atoms with Crippen LogP contribution in [0.4, 0.5) is 0 Å². The van der Waals surface area contributed by atoms with E-state index in [2.05, 4.69) is 19.2 Å². The highest BCUT2D eigenvalue weighted by atomic mass is 16.3. The van der Waals surface area contributed by atoms with Crippen molar-refractivity contribution in [1.82, 2.24) is 5.32 Å². The number of hydrogen-bond donors (Lipinski definition) is 3. The van der Waals surface area contributed by atoms with E-state index >= 15 is 0 Å². The first-order valence-electron chi connectivity index (χ1n) is 30.9. The van der Waals surface area contributed by atoms with E-state index in [1.165, 1.54) is 315 Å². The van der Waals surface area contributed by atoms with Crippen molar-refractivity contribution in [2.45, 2.75) is 373 Å². The molecule has 394 valence electrons. The monoisotopic (exact) mass is 930 g/mol. The molecule has 0 heterocycles. The summed E-state index contributed by atoms with van der Waals surface area (Å²) in [6.45, 7) is 4.36. The summed E-state index contributed by atoms with van der Waals surface area (Å²) in [5.41, 5.74) is 0. The fraction of sp³-hybridized carbons (Fsp3) is 0.952. The molecule has 0 saturated carbocycles. The molecule has 0 aliphatic carbocycles. The van der Waals surface area contributed by atoms with Crippen molar-refractivity contribution in [2.24, 2.45) is 0 Å². The maximum absolute atomic E-state index is 12.5. The Hall–Kier alpha value is -0.870. The first-order valence-corrected chi connectivity index (χ1v) is 30.9. The smallest absolute Gasteiger partial charge is 0.220 e. The minimum absolute atomic E-state index is 0.0546. The Morgan fingerprint density at radius 2 is 0.561 bits per heavy atom. The topological polar surface area (TPSA) is 69.6 Å². The quantitative estimate of drug-likeness (QED) is 0.0420. The molecule has 4 nitrogen and oxygen atoms in total. The number of carbonyl (C=O) groups excluding carboxylic acids is 1. The molecule has 66 heavy (non-hydrogen) atoms. The molecule has 0 saturated heterocycles. The Kier molecular flexibility index (Phi) is 57.7. The summed E-state index contributed by atoms with van der Waals surface area (Å²) >= 11 is 0. The van der Waals surface area contributed by atoms with E-state index in [0.717, 1.165) is 25.7 Å². The minimum Gasteiger partial charge on any atom is -0.394 e. The highest BCUT2D eigenvalue weighted by Gasteiger charge is 2.18. The van der Waals surface area contributed by atoms with Gasteiger partial charge in [-0.05, 0) is 19.3 Å². The standard InChI is InChI=1S/C62H123NO3/c1-3-5-7-9-11-13-15-17-19-21-23-25-26-27-28-29-30-31-32-33-34-35-36-38-40-42-44-46-48-50-52-54-56-58-62(66)63-60(59-64)61(65)57-55-53-51-49-47-45-43-41-39-37-24-22-20-18-16-14-12-10-8-6-4-2/h55,57,60-61,64-65H,3-54,56,58-59H2,1-2H3,(H,63,66)/b57-55+. The zero-order valence-electron chi connectivity index (χ0n) is 45.5. The van der Waals surface area contributed by atoms with Crippen LogP contribution in [0.2, 0.25) is 0 Å². The Bertz CT molecular complexity index is 921. The van der Waals surface area contributed by atoms with Crippen LogP contribution < -0.4 is 5.32 Å². The second-order valence-corrected chi connectivity index (χ2v) is 21.5. The lowest BCUT2D eigenvalue weighted by atomic mass is 10.0. The van der Waals surface area contributed by atoms with E-state index in [1.807, 2.05) is 6.08 Å². The Morgan fingerprint density at radius 1 is 0.348 bits per heavy atom. The van der Waals surface area contributed by atoms with Gasteiger partial charge in [0.05, 0.1) is 18.8 Å². The van der Waals surface area contributed by atoms with Crippen molar-refractivity contribution in [2.75, 3.05) is 6.61 Å². The minimum atomic E-state index is -0.836. The molecular weight excluding hydrogens is 807 g/mol. The maximum atomic E-state index is 12.5. The molecule has 0 aromatic rings. The second-order valence-electron chi connectivity index (χ2n) is 21.5. The number of unbranched alkanes of at least 4 members (excludes halogenated alkanes) is 51. The third-order valence-electron chi connectivity index (χ3n) is 14.8. The normalized spacial score (nSPS) is 12.7. The van der Waals surface area contributed by atoms with Gasteiger partial charge >= 0.3 is 0 Å². The van der Waals surface area contributed by atoms with Crippen LogP contribution in [-0.4, -0.2) is 34.9 Å². The van der Waals surface area contributed by atoms with Gasteiger partial charge < -0.3 is 15.5 Å². The third kappa shape index (κ3) is 54.1. The van der Waals surface area contributed by atoms with Gasteiger partial charge in [0.2, 0.25) is 5.91 Å². The van der Waals surface area contributed by atoms with E-state index in [1.54, 1.807) is 6.08 Å². The van der Waals surface area contributed by atoms with Gasteiger partial charge in [-0.2, -0.15) is 0 Å². The molecule has 2 unspecified atom stereocenters. The third-order valence-corrected chi connectivity index (χ3v) is 14.8. The summed E-state index contributed by atoms with van der Waals surface area (Å²) in [5, 5.41) is 23.2. The highest BCUT2D eigenvalue weighted by molar-refractivity contribution is 5.76. The van der Waals surface area contributed by atoms with E-state index in [0.29, 0.717) is 6.42 Å². The Morgan fingerprint density at radius 3 is 0.788 bits per heavy atom. The Labute approximate surface area is 416 Å². The van der Waals surface area contributed by atoms with Crippen molar-refractivity contribution < 1.29 is 15.0 Å². The van der Waals surface area contributed by atoms with E-state index in [4.69, 9.17) is 0 Å². The number of nitrogens with one attached hydrogen (secondary N) is 1. The van der Waals surface area contributed by atoms with Crippen LogP contribution >= 0.6 is 0 Å². The zero-order valence-corrected chi connectivity index (χ0v) is 45.5. The van der Waals surface area contributed by atoms with E-state index in [-0.39, 0.29) is 12.5 Å². The molecule has 0 aromatic carbocycles. The van der Waals surface area contributed by atoms with E-state index in [9.17, 15) is 15.0 Å². The first-order chi connectivity index (χ1) is 32.7. The predicted octanol–water partition coefficient (Wildman–Crippen LogP) is 20.5. The fourth-order valence-electron chi connectivity index (χ4n) is 10.1. The first kappa shape index (κ1) is 65.1. The lowest BCUT2D eigenvalue weighted by Gasteiger charge is -2.20. The van der Waals surface area contributed by atoms with Crippen LogP contribution in [-0.2, 0) is 4.79 Å². The van der Waals surface area contributed by atoms with Gasteiger partial charge in [0.25, 0.3) is 0 Å². The molecule has 0 aliphatic heterocycles. The van der Waals surface area contributed by atoms with Crippen molar-refractivity contribution in [3.05, 3.63) is 12.2 Å². The molecule has 0 rings (SSSR count). The largest absolute Gasteiger partial charge is 0.394 e. The predicted molar refractivity (Wildman–Crippen MR) is 295 cm³/mol. The summed E-state index contributed by atoms with van der Waals surface area (Å²) < 4.78 is 0. The number of aliphatic hydroxyl groups is 2. The van der Waals surface area contributed by atoms with Crippen LogP contribution in [0, 0.1) is 0 Å². The van der Waals surface area contributed by atoms with Gasteiger partial charge in [0, 0.05) is 6.42 Å². The van der Waals surface area contributed by atoms with Gasteiger partial charge in [-0.25, -0.2) is 0 Å². The number of hydrogen-bond acceptors (Lipinski definition) is 3. The molecule has 0 bridgehead atoms. The molecule has 3 N–H and O–H groups in total. The van der Waals surface area contributed by atoms with Gasteiger partial charge in [0.1, 0.15) is 0 Å². The zero-order chi connectivity index (χ0) is 47.7. The maximum Gasteiger partial charge on any atom is 0.220 e. The molecule has 1 amide bonds. The lowest BCUT2D eigenvalue weighted by Crippen LogP contribution is -2.45. The Balaban J connectivity index is 3.40. The average Bonchev–Trinajstić information content (AvgIpc) is 3.32. The van der Waals surface area contributed by atoms with Crippen molar-refractivity contribution >= 4 is 5.91 Å². The lowest BCUT2D eigenvalue weighted by molar-refractivity contribution is -0.123. The van der Waals surface area contributed by atoms with Crippen LogP contribution in [0.3, 0.4) is 0 Å². The average molecular weight is 931 g/mol. The van der Waals surface area contributed by atoms with Crippen LogP contribution in [0.5, 0.6) is 0 Å². The molecular formula is C62H123NO3. The van der Waals surface area contributed by atoms with Gasteiger partial charge in [-0.3, -0.25) is 4.79 Å². The molecule has 2 atom stereocenters. The number of allylic oxidation sites excluding steroid dienone is 1. The second kappa shape index (κ2) is 58.4. The molecule has 0 fully saturated rings. The summed E-state index contributed by atoms with van der Waals surface area (Å²) in [6, 6.07) is -0.618. The summed E-state index contributed by atoms with van der Waals surface area (Å²) in [6.07, 6.45) is 76.9. The molecule has 0 spiro atoms. The summed E-state index contributed by atoms with van der Waals surface area (Å²) in [7, 11) is 0. The molecule has 0 aliphatic rings. The van der Waals surface area contributed by atoms with Crippen LogP contribution in [0.25, 0.3) is 0 Å². The van der Waals surface area contributed by atoms with Gasteiger partial charge in [-0.15, -0.1) is 0 Å². The van der Waals surface area contributed by atoms with Crippen molar-refractivity contribution in [3.8, 4) is 0 Å². The van der Waals surface area contributed by atoms with E-state index < -0.39 is 12.1 Å². The molecule has 0 radical (unpaired) electrons. The van der Waals surface area contributed by atoms with Crippen molar-refractivity contribution in [3.63, 3.8) is 0 Å². The fourth-order valence-corrected chi connectivity index (χ4v) is 10.1. The number of rotatable bonds is 58. The summed E-state index contributed by atoms with van der Waals surface area (Å²) in [5.74, 6) is -0.0546. The van der Waals surface area contributed by atoms with Crippen LogP contribution in [0.15, 0.2) is 12.2 Å². The number of amides is 1. The van der Waals surface area contributed by atoms with Gasteiger partial charge in [-0.1, -0.05) is 347 Å². The molecule has 4 heteroatoms. The SMILES string of the molecule is CCCCCCCCCCCCCCCCCCCCC/C=C/C(O)C(CO)NC(=O)CCCCCCCCCCCCCCCCCCCCCCCCCCCCCCCCCCC. The summed E-state index contributed by atoms with van der Waals surface area (Å²) in [4.78, 5) is 12.5.